The van der Waals surface area contributed by atoms with E-state index in [0.717, 1.165) is 0 Å². The third kappa shape index (κ3) is 2.77. The molecule has 7 rings (SSSR count). The minimum absolute atomic E-state index is 1.26. The molecule has 0 aliphatic heterocycles. The van der Waals surface area contributed by atoms with Crippen molar-refractivity contribution in [2.24, 2.45) is 0 Å². The zero-order chi connectivity index (χ0) is 21.1. The van der Waals surface area contributed by atoms with Gasteiger partial charge < -0.3 is 0 Å². The van der Waals surface area contributed by atoms with E-state index in [1.165, 1.54) is 65.3 Å². The Morgan fingerprint density at radius 2 is 0.500 bits per heavy atom. The maximum absolute atomic E-state index is 2.32. The van der Waals surface area contributed by atoms with E-state index in [1.807, 2.05) is 0 Å². The van der Waals surface area contributed by atoms with Gasteiger partial charge in [-0.05, 0) is 114 Å². The van der Waals surface area contributed by atoms with Crippen LogP contribution in [-0.4, -0.2) is 0 Å². The van der Waals surface area contributed by atoms with Gasteiger partial charge in [-0.3, -0.25) is 0 Å². The Hall–Kier alpha value is -4.16. The standard InChI is InChI=1S/C32H20/c1-2-6-22-14-30-18-26-11-12-28-20-32-16-24-8-4-3-7-23(24)15-31(32)19-27(28)10-9-25(26)17-29(30)13-21(22)5-1/h1-20H/b10-9-,12-11-,25-9?,26-11?,27-10?,28-12?. The van der Waals surface area contributed by atoms with Crippen LogP contribution >= 0.6 is 0 Å². The van der Waals surface area contributed by atoms with E-state index in [9.17, 15) is 0 Å². The summed E-state index contributed by atoms with van der Waals surface area (Å²) < 4.78 is 0. The molecule has 1 aliphatic rings. The fourth-order valence-electron chi connectivity index (χ4n) is 4.99. The molecule has 0 fully saturated rings. The third-order valence-electron chi connectivity index (χ3n) is 6.70. The Balaban J connectivity index is 1.42. The summed E-state index contributed by atoms with van der Waals surface area (Å²) in [5.74, 6) is 0. The fourth-order valence-corrected chi connectivity index (χ4v) is 4.99. The second-order valence-electron chi connectivity index (χ2n) is 8.72. The zero-order valence-electron chi connectivity index (χ0n) is 17.5. The van der Waals surface area contributed by atoms with Gasteiger partial charge in [0.25, 0.3) is 0 Å². The first kappa shape index (κ1) is 17.5. The number of rotatable bonds is 0. The van der Waals surface area contributed by atoms with E-state index in [2.05, 4.69) is 121 Å². The molecule has 0 saturated carbocycles. The van der Waals surface area contributed by atoms with E-state index in [0.29, 0.717) is 0 Å². The molecule has 0 bridgehead atoms. The molecular formula is C32H20. The molecule has 6 aromatic carbocycles. The van der Waals surface area contributed by atoms with Gasteiger partial charge in [-0.15, -0.1) is 0 Å². The first-order valence-electron chi connectivity index (χ1n) is 11.1. The van der Waals surface area contributed by atoms with Crippen LogP contribution < -0.4 is 0 Å². The number of fused-ring (bicyclic) bond motifs is 6. The van der Waals surface area contributed by atoms with Crippen LogP contribution in [-0.2, 0) is 0 Å². The summed E-state index contributed by atoms with van der Waals surface area (Å²) in [6, 6.07) is 35.6. The molecule has 148 valence electrons. The highest BCUT2D eigenvalue weighted by Gasteiger charge is 2.08. The Kier molecular flexibility index (Phi) is 3.65. The molecule has 0 spiro atoms. The molecule has 1 aliphatic carbocycles. The average Bonchev–Trinajstić information content (AvgIpc) is 2.82. The normalized spacial score (nSPS) is 14.8. The van der Waals surface area contributed by atoms with Gasteiger partial charge in [0.15, 0.2) is 0 Å². The first-order valence-corrected chi connectivity index (χ1v) is 11.1. The molecule has 0 amide bonds. The lowest BCUT2D eigenvalue weighted by molar-refractivity contribution is 1.64. The van der Waals surface area contributed by atoms with Crippen LogP contribution in [0.15, 0.2) is 97.1 Å². The number of hydrogen-bond donors (Lipinski definition) is 0. The van der Waals surface area contributed by atoms with E-state index >= 15 is 0 Å². The van der Waals surface area contributed by atoms with Gasteiger partial charge in [-0.1, -0.05) is 72.8 Å². The Morgan fingerprint density at radius 1 is 0.250 bits per heavy atom. The second-order valence-corrected chi connectivity index (χ2v) is 8.72. The van der Waals surface area contributed by atoms with E-state index in [-0.39, 0.29) is 0 Å². The molecule has 0 atom stereocenters. The second kappa shape index (κ2) is 6.67. The van der Waals surface area contributed by atoms with Crippen molar-refractivity contribution < 1.29 is 0 Å². The van der Waals surface area contributed by atoms with Crippen molar-refractivity contribution in [1.29, 1.82) is 0 Å². The summed E-state index contributed by atoms with van der Waals surface area (Å²) in [7, 11) is 0. The van der Waals surface area contributed by atoms with Crippen LogP contribution in [0, 0.1) is 0 Å². The molecule has 0 heterocycles. The molecule has 0 radical (unpaired) electrons. The van der Waals surface area contributed by atoms with Crippen LogP contribution in [0.4, 0.5) is 0 Å². The van der Waals surface area contributed by atoms with Crippen molar-refractivity contribution in [3.05, 3.63) is 119 Å². The van der Waals surface area contributed by atoms with Crippen LogP contribution in [0.5, 0.6) is 0 Å². The minimum Gasteiger partial charge on any atom is -0.0616 e. The maximum atomic E-state index is 2.32. The summed E-state index contributed by atoms with van der Waals surface area (Å²) in [5.41, 5.74) is 5.03. The quantitative estimate of drug-likeness (QED) is 0.221. The van der Waals surface area contributed by atoms with Crippen LogP contribution in [0.1, 0.15) is 22.3 Å². The Bertz CT molecular complexity index is 1500. The maximum Gasteiger partial charge on any atom is -0.0171 e. The molecule has 0 N–H and O–H groups in total. The lowest BCUT2D eigenvalue weighted by atomic mass is 9.92. The summed E-state index contributed by atoms with van der Waals surface area (Å²) >= 11 is 0. The smallest absolute Gasteiger partial charge is 0.0171 e. The highest BCUT2D eigenvalue weighted by molar-refractivity contribution is 6.03. The largest absolute Gasteiger partial charge is 0.0616 e. The highest BCUT2D eigenvalue weighted by atomic mass is 14.1. The molecule has 0 unspecified atom stereocenters. The highest BCUT2D eigenvalue weighted by Crippen LogP contribution is 2.32. The first-order chi connectivity index (χ1) is 15.8. The zero-order valence-corrected chi connectivity index (χ0v) is 17.5. The lowest BCUT2D eigenvalue weighted by Gasteiger charge is -2.12. The predicted octanol–water partition coefficient (Wildman–Crippen LogP) is 8.95. The third-order valence-corrected chi connectivity index (χ3v) is 6.70. The van der Waals surface area contributed by atoms with E-state index in [4.69, 9.17) is 0 Å². The predicted molar refractivity (Wildman–Crippen MR) is 141 cm³/mol. The molecule has 0 heteroatoms. The molecule has 6 aromatic rings. The van der Waals surface area contributed by atoms with E-state index in [1.54, 1.807) is 0 Å². The summed E-state index contributed by atoms with van der Waals surface area (Å²) in [6.07, 6.45) is 9.05. The SMILES string of the molecule is C1=C\c2cc3cc4ccccc4cc3cc2/C=C\c2cc3cc4ccccc4cc3cc2/1. The van der Waals surface area contributed by atoms with Gasteiger partial charge in [0.1, 0.15) is 0 Å². The Labute approximate surface area is 186 Å². The van der Waals surface area contributed by atoms with Crippen molar-refractivity contribution in [3.8, 4) is 0 Å². The fraction of sp³-hybridized carbons (Fsp3) is 0. The minimum atomic E-state index is 1.26. The van der Waals surface area contributed by atoms with Gasteiger partial charge in [0.2, 0.25) is 0 Å². The summed E-state index contributed by atoms with van der Waals surface area (Å²) in [5, 5.41) is 10.3. The molecular weight excluding hydrogens is 384 g/mol. The summed E-state index contributed by atoms with van der Waals surface area (Å²) in [4.78, 5) is 0. The van der Waals surface area contributed by atoms with Gasteiger partial charge in [0.05, 0.1) is 0 Å². The van der Waals surface area contributed by atoms with Gasteiger partial charge in [-0.2, -0.15) is 0 Å². The van der Waals surface area contributed by atoms with Gasteiger partial charge >= 0.3 is 0 Å². The van der Waals surface area contributed by atoms with Crippen molar-refractivity contribution in [2.45, 2.75) is 0 Å². The van der Waals surface area contributed by atoms with Crippen molar-refractivity contribution in [3.63, 3.8) is 0 Å². The van der Waals surface area contributed by atoms with E-state index < -0.39 is 0 Å². The van der Waals surface area contributed by atoms with Crippen LogP contribution in [0.25, 0.3) is 67.4 Å². The molecule has 32 heavy (non-hydrogen) atoms. The topological polar surface area (TPSA) is 0 Å². The van der Waals surface area contributed by atoms with Crippen molar-refractivity contribution in [2.75, 3.05) is 0 Å². The van der Waals surface area contributed by atoms with Crippen molar-refractivity contribution >= 4 is 67.4 Å². The lowest BCUT2D eigenvalue weighted by Crippen LogP contribution is -1.89. The molecule has 0 saturated heterocycles. The molecule has 0 nitrogen and oxygen atoms in total. The van der Waals surface area contributed by atoms with Gasteiger partial charge in [-0.25, -0.2) is 0 Å². The molecule has 0 aromatic heterocycles. The summed E-state index contributed by atoms with van der Waals surface area (Å²) in [6.45, 7) is 0. The monoisotopic (exact) mass is 404 g/mol. The number of benzene rings is 6. The average molecular weight is 405 g/mol. The van der Waals surface area contributed by atoms with Crippen molar-refractivity contribution in [1.82, 2.24) is 0 Å². The van der Waals surface area contributed by atoms with Crippen LogP contribution in [0.3, 0.4) is 0 Å². The Morgan fingerprint density at radius 3 is 0.750 bits per heavy atom. The number of hydrogen-bond acceptors (Lipinski definition) is 0. The van der Waals surface area contributed by atoms with Crippen LogP contribution in [0.2, 0.25) is 0 Å². The van der Waals surface area contributed by atoms with Gasteiger partial charge in [0, 0.05) is 0 Å².